The van der Waals surface area contributed by atoms with Gasteiger partial charge in [-0.15, -0.1) is 0 Å². The normalized spacial score (nSPS) is 21.9. The van der Waals surface area contributed by atoms with Crippen LogP contribution in [0.2, 0.25) is 0 Å². The predicted molar refractivity (Wildman–Crippen MR) is 62.9 cm³/mol. The zero-order valence-corrected chi connectivity index (χ0v) is 9.66. The van der Waals surface area contributed by atoms with Crippen LogP contribution in [0.15, 0.2) is 18.3 Å². The number of aromatic nitrogens is 1. The minimum absolute atomic E-state index is 0.484. The van der Waals surface area contributed by atoms with Crippen molar-refractivity contribution in [2.24, 2.45) is 0 Å². The molecule has 2 heterocycles. The molecule has 0 aromatic carbocycles. The van der Waals surface area contributed by atoms with Crippen LogP contribution in [-0.4, -0.2) is 11.5 Å². The SMILES string of the molecule is CC(C)c1cccnc1C1CCCCN1. The first-order valence-corrected chi connectivity index (χ1v) is 5.97. The van der Waals surface area contributed by atoms with Gasteiger partial charge in [0.2, 0.25) is 0 Å². The number of nitrogens with zero attached hydrogens (tertiary/aromatic N) is 1. The molecule has 0 spiro atoms. The number of rotatable bonds is 2. The minimum Gasteiger partial charge on any atom is -0.309 e. The standard InChI is InChI=1S/C13H20N2/c1-10(2)11-6-5-9-15-13(11)12-7-3-4-8-14-12/h5-6,9-10,12,14H,3-4,7-8H2,1-2H3. The predicted octanol–water partition coefficient (Wildman–Crippen LogP) is 3.02. The van der Waals surface area contributed by atoms with Gasteiger partial charge in [-0.1, -0.05) is 26.3 Å². The summed E-state index contributed by atoms with van der Waals surface area (Å²) in [5.74, 6) is 0.567. The summed E-state index contributed by atoms with van der Waals surface area (Å²) in [4.78, 5) is 4.56. The summed E-state index contributed by atoms with van der Waals surface area (Å²) in [6.07, 6.45) is 5.78. The summed E-state index contributed by atoms with van der Waals surface area (Å²) in [6.45, 7) is 5.62. The molecule has 2 rings (SSSR count). The molecule has 0 aliphatic carbocycles. The Kier molecular flexibility index (Phi) is 3.37. The molecule has 0 saturated carbocycles. The van der Waals surface area contributed by atoms with E-state index in [4.69, 9.17) is 0 Å². The van der Waals surface area contributed by atoms with Crippen LogP contribution >= 0.6 is 0 Å². The van der Waals surface area contributed by atoms with E-state index in [0.29, 0.717) is 12.0 Å². The molecule has 1 aromatic heterocycles. The largest absolute Gasteiger partial charge is 0.309 e. The molecule has 0 amide bonds. The molecule has 82 valence electrons. The molecule has 1 aliphatic heterocycles. The van der Waals surface area contributed by atoms with Crippen LogP contribution < -0.4 is 5.32 Å². The van der Waals surface area contributed by atoms with Crippen LogP contribution in [0.3, 0.4) is 0 Å². The number of pyridine rings is 1. The van der Waals surface area contributed by atoms with Gasteiger partial charge in [-0.25, -0.2) is 0 Å². The Morgan fingerprint density at radius 2 is 2.27 bits per heavy atom. The molecular weight excluding hydrogens is 184 g/mol. The zero-order chi connectivity index (χ0) is 10.7. The number of hydrogen-bond acceptors (Lipinski definition) is 2. The van der Waals surface area contributed by atoms with E-state index in [1.54, 1.807) is 0 Å². The second-order valence-corrected chi connectivity index (χ2v) is 4.64. The van der Waals surface area contributed by atoms with E-state index < -0.39 is 0 Å². The fourth-order valence-electron chi connectivity index (χ4n) is 2.29. The average Bonchev–Trinajstić information content (AvgIpc) is 2.30. The number of piperidine rings is 1. The maximum Gasteiger partial charge on any atom is 0.0607 e. The Morgan fingerprint density at radius 3 is 2.93 bits per heavy atom. The highest BCUT2D eigenvalue weighted by molar-refractivity contribution is 5.26. The molecule has 0 bridgehead atoms. The summed E-state index contributed by atoms with van der Waals surface area (Å²) >= 11 is 0. The Bertz CT molecular complexity index is 314. The van der Waals surface area contributed by atoms with E-state index in [-0.39, 0.29) is 0 Å². The summed E-state index contributed by atoms with van der Waals surface area (Å²) in [6, 6.07) is 4.74. The van der Waals surface area contributed by atoms with Gasteiger partial charge in [0.1, 0.15) is 0 Å². The number of hydrogen-bond donors (Lipinski definition) is 1. The first kappa shape index (κ1) is 10.6. The van der Waals surface area contributed by atoms with Crippen LogP contribution in [-0.2, 0) is 0 Å². The summed E-state index contributed by atoms with van der Waals surface area (Å²) in [5.41, 5.74) is 2.67. The van der Waals surface area contributed by atoms with Gasteiger partial charge in [0.25, 0.3) is 0 Å². The Labute approximate surface area is 92.1 Å². The maximum absolute atomic E-state index is 4.56. The van der Waals surface area contributed by atoms with E-state index in [1.165, 1.54) is 30.5 Å². The molecule has 2 nitrogen and oxygen atoms in total. The Balaban J connectivity index is 2.25. The first-order valence-electron chi connectivity index (χ1n) is 5.97. The van der Waals surface area contributed by atoms with E-state index >= 15 is 0 Å². The highest BCUT2D eigenvalue weighted by atomic mass is 14.9. The minimum atomic E-state index is 0.484. The van der Waals surface area contributed by atoms with Crippen molar-refractivity contribution < 1.29 is 0 Å². The van der Waals surface area contributed by atoms with Crippen molar-refractivity contribution in [3.05, 3.63) is 29.6 Å². The van der Waals surface area contributed by atoms with Crippen molar-refractivity contribution in [1.29, 1.82) is 0 Å². The second kappa shape index (κ2) is 4.75. The Morgan fingerprint density at radius 1 is 1.40 bits per heavy atom. The highest BCUT2D eigenvalue weighted by Gasteiger charge is 2.19. The average molecular weight is 204 g/mol. The molecule has 1 saturated heterocycles. The number of nitrogens with one attached hydrogen (secondary N) is 1. The van der Waals surface area contributed by atoms with E-state index in [2.05, 4.69) is 30.2 Å². The van der Waals surface area contributed by atoms with Gasteiger partial charge in [0.15, 0.2) is 0 Å². The fourth-order valence-corrected chi connectivity index (χ4v) is 2.29. The van der Waals surface area contributed by atoms with Gasteiger partial charge in [-0.2, -0.15) is 0 Å². The van der Waals surface area contributed by atoms with Gasteiger partial charge < -0.3 is 5.32 Å². The molecule has 1 atom stereocenters. The monoisotopic (exact) mass is 204 g/mol. The van der Waals surface area contributed by atoms with Crippen molar-refractivity contribution in [3.63, 3.8) is 0 Å². The van der Waals surface area contributed by atoms with Crippen molar-refractivity contribution in [2.45, 2.75) is 45.1 Å². The van der Waals surface area contributed by atoms with Gasteiger partial charge in [-0.05, 0) is 36.9 Å². The molecule has 2 heteroatoms. The highest BCUT2D eigenvalue weighted by Crippen LogP contribution is 2.27. The molecular formula is C13H20N2. The third-order valence-electron chi connectivity index (χ3n) is 3.13. The van der Waals surface area contributed by atoms with E-state index in [1.807, 2.05) is 12.3 Å². The molecule has 1 fully saturated rings. The lowest BCUT2D eigenvalue weighted by molar-refractivity contribution is 0.402. The zero-order valence-electron chi connectivity index (χ0n) is 9.66. The third-order valence-corrected chi connectivity index (χ3v) is 3.13. The molecule has 1 N–H and O–H groups in total. The summed E-state index contributed by atoms with van der Waals surface area (Å²) in [7, 11) is 0. The van der Waals surface area contributed by atoms with Crippen LogP contribution in [0, 0.1) is 0 Å². The molecule has 1 aliphatic rings. The summed E-state index contributed by atoms with van der Waals surface area (Å²) in [5, 5.41) is 3.57. The van der Waals surface area contributed by atoms with Gasteiger partial charge in [-0.3, -0.25) is 4.98 Å². The van der Waals surface area contributed by atoms with Gasteiger partial charge in [0.05, 0.1) is 5.69 Å². The van der Waals surface area contributed by atoms with Crippen molar-refractivity contribution in [2.75, 3.05) is 6.54 Å². The smallest absolute Gasteiger partial charge is 0.0607 e. The van der Waals surface area contributed by atoms with Crippen LogP contribution in [0.5, 0.6) is 0 Å². The second-order valence-electron chi connectivity index (χ2n) is 4.64. The van der Waals surface area contributed by atoms with Crippen molar-refractivity contribution in [1.82, 2.24) is 10.3 Å². The lowest BCUT2D eigenvalue weighted by atomic mass is 9.93. The third kappa shape index (κ3) is 2.37. The fraction of sp³-hybridized carbons (Fsp3) is 0.615. The van der Waals surface area contributed by atoms with Gasteiger partial charge in [0, 0.05) is 12.2 Å². The summed E-state index contributed by atoms with van der Waals surface area (Å²) < 4.78 is 0. The lowest BCUT2D eigenvalue weighted by Crippen LogP contribution is -2.28. The van der Waals surface area contributed by atoms with Crippen LogP contribution in [0.4, 0.5) is 0 Å². The van der Waals surface area contributed by atoms with Gasteiger partial charge >= 0.3 is 0 Å². The van der Waals surface area contributed by atoms with Crippen molar-refractivity contribution >= 4 is 0 Å². The van der Waals surface area contributed by atoms with E-state index in [9.17, 15) is 0 Å². The Hall–Kier alpha value is -0.890. The van der Waals surface area contributed by atoms with Crippen LogP contribution in [0.1, 0.15) is 56.3 Å². The maximum atomic E-state index is 4.56. The molecule has 0 radical (unpaired) electrons. The molecule has 1 aromatic rings. The topological polar surface area (TPSA) is 24.9 Å². The first-order chi connectivity index (χ1) is 7.29. The van der Waals surface area contributed by atoms with Crippen molar-refractivity contribution in [3.8, 4) is 0 Å². The lowest BCUT2D eigenvalue weighted by Gasteiger charge is -2.25. The molecule has 1 unspecified atom stereocenters. The molecule has 15 heavy (non-hydrogen) atoms. The van der Waals surface area contributed by atoms with E-state index in [0.717, 1.165) is 6.54 Å². The quantitative estimate of drug-likeness (QED) is 0.801. The van der Waals surface area contributed by atoms with Crippen LogP contribution in [0.25, 0.3) is 0 Å².